The molecule has 0 radical (unpaired) electrons. The van der Waals surface area contributed by atoms with Crippen LogP contribution in [-0.2, 0) is 7.05 Å². The maximum atomic E-state index is 2.43. The molecule has 2 aromatic heterocycles. The number of nitrogens with zero attached hydrogens (tertiary/aromatic N) is 2. The van der Waals surface area contributed by atoms with Crippen molar-refractivity contribution < 1.29 is 4.57 Å². The summed E-state index contributed by atoms with van der Waals surface area (Å²) in [6.45, 7) is 15.9. The van der Waals surface area contributed by atoms with Gasteiger partial charge in [0.15, 0.2) is 6.20 Å². The molecular formula is C26H35N2+. The van der Waals surface area contributed by atoms with Gasteiger partial charge in [0.1, 0.15) is 12.7 Å². The van der Waals surface area contributed by atoms with E-state index in [0.717, 1.165) is 0 Å². The molecule has 0 spiro atoms. The van der Waals surface area contributed by atoms with Crippen molar-refractivity contribution in [1.82, 2.24) is 4.57 Å². The molecule has 0 N–H and O–H groups in total. The highest BCUT2D eigenvalue weighted by atomic mass is 15.0. The molecule has 0 bridgehead atoms. The van der Waals surface area contributed by atoms with E-state index in [1.807, 2.05) is 0 Å². The molecule has 0 saturated carbocycles. The van der Waals surface area contributed by atoms with E-state index in [0.29, 0.717) is 17.8 Å². The molecule has 2 heteroatoms. The summed E-state index contributed by atoms with van der Waals surface area (Å²) in [5.74, 6) is 1.46. The SMILES string of the molecule is Cc1ccn(-c2c(C(C)C)cccc2C(C)C)c1-c1cc(C(C)C)cc[n+]1C. The van der Waals surface area contributed by atoms with E-state index < -0.39 is 0 Å². The lowest BCUT2D eigenvalue weighted by Crippen LogP contribution is -2.31. The summed E-state index contributed by atoms with van der Waals surface area (Å²) in [7, 11) is 2.15. The van der Waals surface area contributed by atoms with E-state index in [2.05, 4.69) is 113 Å². The number of aromatic nitrogens is 2. The van der Waals surface area contributed by atoms with Crippen LogP contribution in [0.25, 0.3) is 17.1 Å². The quantitative estimate of drug-likeness (QED) is 0.442. The average Bonchev–Trinajstić information content (AvgIpc) is 3.02. The van der Waals surface area contributed by atoms with E-state index in [-0.39, 0.29) is 0 Å². The molecule has 0 atom stereocenters. The number of rotatable bonds is 5. The van der Waals surface area contributed by atoms with Crippen molar-refractivity contribution in [3.63, 3.8) is 0 Å². The zero-order chi connectivity index (χ0) is 20.6. The summed E-state index contributed by atoms with van der Waals surface area (Å²) in [6.07, 6.45) is 4.44. The summed E-state index contributed by atoms with van der Waals surface area (Å²) in [4.78, 5) is 0. The van der Waals surface area contributed by atoms with Crippen LogP contribution in [0.3, 0.4) is 0 Å². The Hall–Kier alpha value is -2.35. The van der Waals surface area contributed by atoms with Gasteiger partial charge < -0.3 is 4.57 Å². The Morgan fingerprint density at radius 2 is 1.43 bits per heavy atom. The monoisotopic (exact) mass is 375 g/mol. The molecule has 2 heterocycles. The molecule has 0 aliphatic carbocycles. The number of hydrogen-bond donors (Lipinski definition) is 0. The molecule has 0 unspecified atom stereocenters. The van der Waals surface area contributed by atoms with E-state index in [1.165, 1.54) is 39.3 Å². The Kier molecular flexibility index (Phi) is 5.79. The third-order valence-corrected chi connectivity index (χ3v) is 5.75. The largest absolute Gasteiger partial charge is 0.311 e. The summed E-state index contributed by atoms with van der Waals surface area (Å²) in [6, 6.07) is 13.6. The fraction of sp³-hybridized carbons (Fsp3) is 0.423. The Labute approximate surface area is 170 Å². The van der Waals surface area contributed by atoms with Gasteiger partial charge in [-0.15, -0.1) is 0 Å². The molecule has 2 nitrogen and oxygen atoms in total. The first-order valence-corrected chi connectivity index (χ1v) is 10.5. The first-order valence-electron chi connectivity index (χ1n) is 10.5. The van der Waals surface area contributed by atoms with Gasteiger partial charge in [-0.25, -0.2) is 0 Å². The van der Waals surface area contributed by atoms with Gasteiger partial charge in [-0.05, 0) is 53.0 Å². The van der Waals surface area contributed by atoms with Gasteiger partial charge in [-0.1, -0.05) is 59.7 Å². The van der Waals surface area contributed by atoms with E-state index in [9.17, 15) is 0 Å². The second kappa shape index (κ2) is 7.95. The van der Waals surface area contributed by atoms with Crippen LogP contribution >= 0.6 is 0 Å². The van der Waals surface area contributed by atoms with Gasteiger partial charge in [-0.3, -0.25) is 0 Å². The number of pyridine rings is 1. The standard InChI is InChI=1S/C26H35N2/c1-17(2)21-13-14-27(8)24(16-21)25-20(7)12-15-28(25)26-22(18(3)4)10-9-11-23(26)19(5)6/h9-19H,1-8H3/q+1. The highest BCUT2D eigenvalue weighted by Crippen LogP contribution is 2.35. The van der Waals surface area contributed by atoms with Crippen LogP contribution in [0.5, 0.6) is 0 Å². The second-order valence-electron chi connectivity index (χ2n) is 8.92. The summed E-state index contributed by atoms with van der Waals surface area (Å²) < 4.78 is 4.68. The number of benzene rings is 1. The third-order valence-electron chi connectivity index (χ3n) is 5.75. The van der Waals surface area contributed by atoms with E-state index >= 15 is 0 Å². The first-order chi connectivity index (χ1) is 13.2. The van der Waals surface area contributed by atoms with Gasteiger partial charge >= 0.3 is 0 Å². The topological polar surface area (TPSA) is 8.81 Å². The zero-order valence-corrected chi connectivity index (χ0v) is 18.7. The second-order valence-corrected chi connectivity index (χ2v) is 8.92. The van der Waals surface area contributed by atoms with Crippen molar-refractivity contribution in [3.8, 4) is 17.1 Å². The van der Waals surface area contributed by atoms with Crippen molar-refractivity contribution >= 4 is 0 Å². The van der Waals surface area contributed by atoms with E-state index in [4.69, 9.17) is 0 Å². The Bertz CT molecular complexity index is 948. The molecule has 0 aliphatic rings. The van der Waals surface area contributed by atoms with Gasteiger partial charge in [0.05, 0.1) is 5.69 Å². The molecule has 28 heavy (non-hydrogen) atoms. The lowest BCUT2D eigenvalue weighted by Gasteiger charge is -2.22. The molecule has 0 saturated heterocycles. The minimum absolute atomic E-state index is 0.472. The van der Waals surface area contributed by atoms with Crippen LogP contribution < -0.4 is 4.57 Å². The highest BCUT2D eigenvalue weighted by Gasteiger charge is 2.23. The molecule has 0 fully saturated rings. The molecule has 3 rings (SSSR count). The average molecular weight is 376 g/mol. The maximum Gasteiger partial charge on any atom is 0.229 e. The summed E-state index contributed by atoms with van der Waals surface area (Å²) in [5, 5.41) is 0. The summed E-state index contributed by atoms with van der Waals surface area (Å²) in [5.41, 5.74) is 9.41. The van der Waals surface area contributed by atoms with Crippen molar-refractivity contribution in [2.45, 2.75) is 66.2 Å². The van der Waals surface area contributed by atoms with Crippen LogP contribution in [0.1, 0.15) is 81.5 Å². The Morgan fingerprint density at radius 3 is 1.96 bits per heavy atom. The van der Waals surface area contributed by atoms with Crippen molar-refractivity contribution in [2.24, 2.45) is 7.05 Å². The van der Waals surface area contributed by atoms with Crippen molar-refractivity contribution in [3.05, 3.63) is 71.0 Å². The lowest BCUT2D eigenvalue weighted by atomic mass is 9.92. The summed E-state index contributed by atoms with van der Waals surface area (Å²) >= 11 is 0. The molecular weight excluding hydrogens is 340 g/mol. The number of aryl methyl sites for hydroxylation is 2. The highest BCUT2D eigenvalue weighted by molar-refractivity contribution is 5.65. The van der Waals surface area contributed by atoms with Gasteiger partial charge in [0, 0.05) is 18.3 Å². The molecule has 1 aromatic carbocycles. The van der Waals surface area contributed by atoms with Gasteiger partial charge in [-0.2, -0.15) is 4.57 Å². The number of para-hydroxylation sites is 1. The van der Waals surface area contributed by atoms with Crippen LogP contribution in [0.2, 0.25) is 0 Å². The Morgan fingerprint density at radius 1 is 0.821 bits per heavy atom. The predicted molar refractivity (Wildman–Crippen MR) is 119 cm³/mol. The zero-order valence-electron chi connectivity index (χ0n) is 18.7. The van der Waals surface area contributed by atoms with Gasteiger partial charge in [0.25, 0.3) is 0 Å². The smallest absolute Gasteiger partial charge is 0.229 e. The lowest BCUT2D eigenvalue weighted by molar-refractivity contribution is -0.660. The molecule has 0 amide bonds. The molecule has 148 valence electrons. The third kappa shape index (κ3) is 3.65. The number of hydrogen-bond acceptors (Lipinski definition) is 0. The van der Waals surface area contributed by atoms with Crippen molar-refractivity contribution in [1.29, 1.82) is 0 Å². The minimum atomic E-state index is 0.472. The van der Waals surface area contributed by atoms with Crippen molar-refractivity contribution in [2.75, 3.05) is 0 Å². The minimum Gasteiger partial charge on any atom is -0.311 e. The predicted octanol–water partition coefficient (Wildman–Crippen LogP) is 6.65. The molecule has 3 aromatic rings. The van der Waals surface area contributed by atoms with Crippen LogP contribution in [-0.4, -0.2) is 4.57 Å². The first kappa shape index (κ1) is 20.4. The van der Waals surface area contributed by atoms with Gasteiger partial charge in [0.2, 0.25) is 5.69 Å². The van der Waals surface area contributed by atoms with Crippen LogP contribution in [0.4, 0.5) is 0 Å². The Balaban J connectivity index is 2.34. The molecule has 0 aliphatic heterocycles. The normalized spacial score (nSPS) is 11.8. The fourth-order valence-corrected chi connectivity index (χ4v) is 4.01. The maximum absolute atomic E-state index is 2.43. The fourth-order valence-electron chi connectivity index (χ4n) is 4.01. The van der Waals surface area contributed by atoms with E-state index in [1.54, 1.807) is 0 Å². The van der Waals surface area contributed by atoms with Crippen LogP contribution in [0.15, 0.2) is 48.8 Å². The van der Waals surface area contributed by atoms with Crippen LogP contribution in [0, 0.1) is 6.92 Å².